The van der Waals surface area contributed by atoms with E-state index in [0.717, 1.165) is 25.3 Å². The highest BCUT2D eigenvalue weighted by molar-refractivity contribution is 14.0. The second-order valence-electron chi connectivity index (χ2n) is 5.37. The second-order valence-corrected chi connectivity index (χ2v) is 6.74. The van der Waals surface area contributed by atoms with Gasteiger partial charge in [0.15, 0.2) is 5.96 Å². The van der Waals surface area contributed by atoms with Crippen molar-refractivity contribution in [1.29, 1.82) is 0 Å². The number of nitrogens with zero attached hydrogens (tertiary/aromatic N) is 2. The van der Waals surface area contributed by atoms with E-state index < -0.39 is 0 Å². The molecule has 2 N–H and O–H groups in total. The number of aryl methyl sites for hydroxylation is 1. The van der Waals surface area contributed by atoms with Crippen LogP contribution in [-0.4, -0.2) is 30.6 Å². The summed E-state index contributed by atoms with van der Waals surface area (Å²) in [5.74, 6) is 0.852. The largest absolute Gasteiger partial charge is 0.356 e. The second kappa shape index (κ2) is 10.6. The maximum Gasteiger partial charge on any atom is 0.191 e. The number of nitrogens with one attached hydrogen (secondary N) is 2. The Kier molecular flexibility index (Phi) is 9.16. The van der Waals surface area contributed by atoms with Crippen LogP contribution in [0.25, 0.3) is 0 Å². The van der Waals surface area contributed by atoms with Gasteiger partial charge in [0.05, 0.1) is 0 Å². The highest BCUT2D eigenvalue weighted by atomic mass is 127. The van der Waals surface area contributed by atoms with Gasteiger partial charge in [0, 0.05) is 48.2 Å². The lowest BCUT2D eigenvalue weighted by molar-refractivity contribution is 0.644. The number of thiophene rings is 1. The molecular weight excluding hydrogens is 419 g/mol. The summed E-state index contributed by atoms with van der Waals surface area (Å²) in [5, 5.41) is 6.79. The Balaban J connectivity index is 0.00000264. The molecule has 0 bridgehead atoms. The van der Waals surface area contributed by atoms with Crippen LogP contribution in [0.4, 0.5) is 0 Å². The molecule has 0 aromatic carbocycles. The van der Waals surface area contributed by atoms with E-state index in [2.05, 4.69) is 52.7 Å². The van der Waals surface area contributed by atoms with Gasteiger partial charge in [-0.05, 0) is 44.0 Å². The monoisotopic (exact) mass is 444 g/mol. The Labute approximate surface area is 159 Å². The Hall–Kier alpha value is -1.15. The lowest BCUT2D eigenvalue weighted by Crippen LogP contribution is -2.43. The maximum absolute atomic E-state index is 4.29. The van der Waals surface area contributed by atoms with E-state index in [-0.39, 0.29) is 24.0 Å². The molecule has 23 heavy (non-hydrogen) atoms. The number of hydrogen-bond acceptors (Lipinski definition) is 3. The summed E-state index contributed by atoms with van der Waals surface area (Å²) >= 11 is 1.86. The Morgan fingerprint density at radius 2 is 2.17 bits per heavy atom. The molecule has 6 heteroatoms. The number of halogens is 1. The smallest absolute Gasteiger partial charge is 0.191 e. The van der Waals surface area contributed by atoms with E-state index >= 15 is 0 Å². The Morgan fingerprint density at radius 1 is 1.35 bits per heavy atom. The topological polar surface area (TPSA) is 49.3 Å². The minimum absolute atomic E-state index is 0. The molecule has 2 rings (SSSR count). The predicted octanol–water partition coefficient (Wildman–Crippen LogP) is 3.41. The fourth-order valence-electron chi connectivity index (χ4n) is 2.25. The molecule has 0 aliphatic rings. The van der Waals surface area contributed by atoms with Gasteiger partial charge in [-0.3, -0.25) is 9.98 Å². The SMILES string of the molecule is CN=C(NCCc1cccnc1)NC(C)Cc1ccc(C)s1.I. The molecule has 2 aromatic heterocycles. The van der Waals surface area contributed by atoms with Crippen LogP contribution in [-0.2, 0) is 12.8 Å². The van der Waals surface area contributed by atoms with Crippen molar-refractivity contribution in [2.24, 2.45) is 4.99 Å². The van der Waals surface area contributed by atoms with Crippen molar-refractivity contribution in [3.8, 4) is 0 Å². The van der Waals surface area contributed by atoms with E-state index in [1.54, 1.807) is 13.2 Å². The van der Waals surface area contributed by atoms with Crippen LogP contribution in [0, 0.1) is 6.92 Å². The molecule has 2 aromatic rings. The van der Waals surface area contributed by atoms with Crippen LogP contribution >= 0.6 is 35.3 Å². The number of aliphatic imine (C=N–C) groups is 1. The van der Waals surface area contributed by atoms with E-state index in [0.29, 0.717) is 6.04 Å². The van der Waals surface area contributed by atoms with Crippen LogP contribution in [0.15, 0.2) is 41.7 Å². The molecule has 0 radical (unpaired) electrons. The van der Waals surface area contributed by atoms with Gasteiger partial charge in [-0.25, -0.2) is 0 Å². The summed E-state index contributed by atoms with van der Waals surface area (Å²) in [6.07, 6.45) is 5.65. The van der Waals surface area contributed by atoms with Crippen molar-refractivity contribution in [3.63, 3.8) is 0 Å². The zero-order valence-corrected chi connectivity index (χ0v) is 17.0. The standard InChI is InChI=1S/C17H24N4S.HI/c1-13(11-16-7-6-14(2)22-16)21-17(18-3)20-10-8-15-5-4-9-19-12-15;/h4-7,9,12-13H,8,10-11H2,1-3H3,(H2,18,20,21);1H. The maximum atomic E-state index is 4.29. The molecule has 0 amide bonds. The predicted molar refractivity (Wildman–Crippen MR) is 110 cm³/mol. The van der Waals surface area contributed by atoms with Crippen molar-refractivity contribution in [1.82, 2.24) is 15.6 Å². The third-order valence-electron chi connectivity index (χ3n) is 3.34. The molecule has 0 saturated heterocycles. The number of rotatable bonds is 6. The third kappa shape index (κ3) is 7.30. The average Bonchev–Trinajstić information content (AvgIpc) is 2.92. The Bertz CT molecular complexity index is 598. The van der Waals surface area contributed by atoms with Gasteiger partial charge in [0.25, 0.3) is 0 Å². The van der Waals surface area contributed by atoms with Crippen LogP contribution in [0.2, 0.25) is 0 Å². The molecule has 1 atom stereocenters. The molecule has 0 aliphatic carbocycles. The van der Waals surface area contributed by atoms with Gasteiger partial charge >= 0.3 is 0 Å². The highest BCUT2D eigenvalue weighted by Gasteiger charge is 2.07. The third-order valence-corrected chi connectivity index (χ3v) is 4.36. The molecule has 4 nitrogen and oxygen atoms in total. The van der Waals surface area contributed by atoms with Crippen LogP contribution < -0.4 is 10.6 Å². The van der Waals surface area contributed by atoms with Crippen molar-refractivity contribution >= 4 is 41.3 Å². The first kappa shape index (κ1) is 19.9. The molecule has 0 aliphatic heterocycles. The van der Waals surface area contributed by atoms with E-state index in [1.165, 1.54) is 15.3 Å². The van der Waals surface area contributed by atoms with E-state index in [1.807, 2.05) is 23.6 Å². The summed E-state index contributed by atoms with van der Waals surface area (Å²) < 4.78 is 0. The molecule has 0 fully saturated rings. The highest BCUT2D eigenvalue weighted by Crippen LogP contribution is 2.16. The fourth-order valence-corrected chi connectivity index (χ4v) is 3.27. The van der Waals surface area contributed by atoms with E-state index in [4.69, 9.17) is 0 Å². The summed E-state index contributed by atoms with van der Waals surface area (Å²) in [7, 11) is 1.81. The number of aromatic nitrogens is 1. The normalized spacial score (nSPS) is 12.4. The first-order valence-electron chi connectivity index (χ1n) is 7.59. The van der Waals surface area contributed by atoms with Gasteiger partial charge in [-0.15, -0.1) is 35.3 Å². The van der Waals surface area contributed by atoms with E-state index in [9.17, 15) is 0 Å². The molecule has 2 heterocycles. The molecular formula is C17H25IN4S. The summed E-state index contributed by atoms with van der Waals surface area (Å²) in [4.78, 5) is 11.2. The number of pyridine rings is 1. The molecule has 0 saturated carbocycles. The first-order chi connectivity index (χ1) is 10.7. The number of guanidine groups is 1. The zero-order valence-electron chi connectivity index (χ0n) is 13.9. The van der Waals surface area contributed by atoms with Gasteiger partial charge in [-0.1, -0.05) is 6.07 Å². The summed E-state index contributed by atoms with van der Waals surface area (Å²) in [5.41, 5.74) is 1.23. The van der Waals surface area contributed by atoms with Crippen molar-refractivity contribution in [3.05, 3.63) is 52.0 Å². The van der Waals surface area contributed by atoms with Crippen molar-refractivity contribution < 1.29 is 0 Å². The van der Waals surface area contributed by atoms with Crippen LogP contribution in [0.5, 0.6) is 0 Å². The molecule has 0 spiro atoms. The fraction of sp³-hybridized carbons (Fsp3) is 0.412. The van der Waals surface area contributed by atoms with Gasteiger partial charge in [0.1, 0.15) is 0 Å². The van der Waals surface area contributed by atoms with Gasteiger partial charge < -0.3 is 10.6 Å². The van der Waals surface area contributed by atoms with Crippen LogP contribution in [0.3, 0.4) is 0 Å². The summed E-state index contributed by atoms with van der Waals surface area (Å²) in [6, 6.07) is 8.78. The van der Waals surface area contributed by atoms with Gasteiger partial charge in [-0.2, -0.15) is 0 Å². The van der Waals surface area contributed by atoms with Gasteiger partial charge in [0.2, 0.25) is 0 Å². The average molecular weight is 444 g/mol. The quantitative estimate of drug-likeness (QED) is 0.408. The Morgan fingerprint density at radius 3 is 2.78 bits per heavy atom. The number of hydrogen-bond donors (Lipinski definition) is 2. The lowest BCUT2D eigenvalue weighted by Gasteiger charge is -2.17. The minimum atomic E-state index is 0. The first-order valence-corrected chi connectivity index (χ1v) is 8.40. The van der Waals surface area contributed by atoms with Crippen LogP contribution in [0.1, 0.15) is 22.2 Å². The lowest BCUT2D eigenvalue weighted by atomic mass is 10.2. The van der Waals surface area contributed by atoms with Crippen molar-refractivity contribution in [2.75, 3.05) is 13.6 Å². The zero-order chi connectivity index (χ0) is 15.8. The summed E-state index contributed by atoms with van der Waals surface area (Å²) in [6.45, 7) is 5.17. The molecule has 1 unspecified atom stereocenters. The minimum Gasteiger partial charge on any atom is -0.356 e. The molecule has 126 valence electrons. The van der Waals surface area contributed by atoms with Crippen molar-refractivity contribution in [2.45, 2.75) is 32.7 Å².